The molecule has 126 valence electrons. The fourth-order valence-corrected chi connectivity index (χ4v) is 2.37. The van der Waals surface area contributed by atoms with Gasteiger partial charge in [-0.15, -0.1) is 11.5 Å². The van der Waals surface area contributed by atoms with Gasteiger partial charge in [-0.05, 0) is 25.0 Å². The van der Waals surface area contributed by atoms with E-state index in [9.17, 15) is 4.79 Å². The summed E-state index contributed by atoms with van der Waals surface area (Å²) in [5, 5.41) is 13.1. The van der Waals surface area contributed by atoms with Crippen LogP contribution in [0.5, 0.6) is 5.88 Å². The van der Waals surface area contributed by atoms with Crippen molar-refractivity contribution in [2.75, 3.05) is 6.61 Å². The summed E-state index contributed by atoms with van der Waals surface area (Å²) in [6.45, 7) is 4.43. The second-order valence-electron chi connectivity index (χ2n) is 5.33. The highest BCUT2D eigenvalue weighted by Gasteiger charge is 2.24. The van der Waals surface area contributed by atoms with E-state index in [1.54, 1.807) is 12.3 Å². The van der Waals surface area contributed by atoms with Crippen LogP contribution in [0.4, 0.5) is 0 Å². The van der Waals surface area contributed by atoms with Gasteiger partial charge in [-0.3, -0.25) is 0 Å². The highest BCUT2D eigenvalue weighted by atomic mass is 35.5. The molecule has 24 heavy (non-hydrogen) atoms. The Morgan fingerprint density at radius 3 is 2.67 bits per heavy atom. The third kappa shape index (κ3) is 3.69. The fourth-order valence-electron chi connectivity index (χ4n) is 2.14. The monoisotopic (exact) mass is 347 g/mol. The molecule has 0 aromatic carbocycles. The summed E-state index contributed by atoms with van der Waals surface area (Å²) in [4.78, 5) is 15.0. The zero-order valence-electron chi connectivity index (χ0n) is 13.5. The number of aromatic nitrogens is 3. The standard InChI is InChI=1S/C17H18ClN3O3/c1-4-17(5-2,6-3)11-24-14-9-10-21(20-14)13-8-7-12(16(22)23)15(18)19-13/h1,7-10H,5-6,11H2,2-3H3,(H,22,23). The molecular weight excluding hydrogens is 330 g/mol. The molecule has 1 N–H and O–H groups in total. The van der Waals surface area contributed by atoms with Crippen LogP contribution in [-0.4, -0.2) is 32.4 Å². The smallest absolute Gasteiger partial charge is 0.338 e. The lowest BCUT2D eigenvalue weighted by molar-refractivity contribution is 0.0696. The molecule has 0 radical (unpaired) electrons. The molecular formula is C17H18ClN3O3. The molecule has 2 heterocycles. The maximum absolute atomic E-state index is 11.0. The molecule has 0 bridgehead atoms. The summed E-state index contributed by atoms with van der Waals surface area (Å²) in [6.07, 6.45) is 8.90. The number of terminal acetylenes is 1. The highest BCUT2D eigenvalue weighted by molar-refractivity contribution is 6.32. The molecule has 0 amide bonds. The first-order valence-electron chi connectivity index (χ1n) is 7.51. The Kier molecular flexibility index (Phi) is 5.47. The molecule has 0 saturated heterocycles. The van der Waals surface area contributed by atoms with Gasteiger partial charge in [-0.25, -0.2) is 14.5 Å². The first kappa shape index (κ1) is 17.8. The van der Waals surface area contributed by atoms with Crippen molar-refractivity contribution in [3.63, 3.8) is 0 Å². The molecule has 7 heteroatoms. The third-order valence-corrected chi connectivity index (χ3v) is 4.31. The van der Waals surface area contributed by atoms with Crippen molar-refractivity contribution < 1.29 is 14.6 Å². The van der Waals surface area contributed by atoms with Crippen LogP contribution in [0.25, 0.3) is 5.82 Å². The zero-order chi connectivity index (χ0) is 17.7. The number of rotatable bonds is 7. The van der Waals surface area contributed by atoms with E-state index in [1.165, 1.54) is 16.8 Å². The van der Waals surface area contributed by atoms with E-state index in [4.69, 9.17) is 27.9 Å². The molecule has 2 rings (SSSR count). The highest BCUT2D eigenvalue weighted by Crippen LogP contribution is 2.26. The van der Waals surface area contributed by atoms with E-state index in [2.05, 4.69) is 16.0 Å². The van der Waals surface area contributed by atoms with Crippen molar-refractivity contribution in [3.8, 4) is 24.0 Å². The van der Waals surface area contributed by atoms with Gasteiger partial charge < -0.3 is 9.84 Å². The summed E-state index contributed by atoms with van der Waals surface area (Å²) in [5.41, 5.74) is -0.372. The summed E-state index contributed by atoms with van der Waals surface area (Å²) >= 11 is 5.87. The maximum atomic E-state index is 11.0. The van der Waals surface area contributed by atoms with E-state index < -0.39 is 5.97 Å². The Morgan fingerprint density at radius 2 is 2.12 bits per heavy atom. The van der Waals surface area contributed by atoms with Crippen molar-refractivity contribution >= 4 is 17.6 Å². The Balaban J connectivity index is 2.15. The van der Waals surface area contributed by atoms with Crippen LogP contribution in [-0.2, 0) is 0 Å². The molecule has 2 aromatic rings. The first-order chi connectivity index (χ1) is 11.4. The molecule has 0 atom stereocenters. The lowest BCUT2D eigenvalue weighted by atomic mass is 9.84. The van der Waals surface area contributed by atoms with Crippen LogP contribution < -0.4 is 4.74 Å². The molecule has 0 spiro atoms. The zero-order valence-corrected chi connectivity index (χ0v) is 14.2. The minimum atomic E-state index is -1.13. The SMILES string of the molecule is C#CC(CC)(CC)COc1ccn(-c2ccc(C(=O)O)c(Cl)n2)n1. The summed E-state index contributed by atoms with van der Waals surface area (Å²) in [7, 11) is 0. The number of pyridine rings is 1. The number of carboxylic acids is 1. The van der Waals surface area contributed by atoms with E-state index in [-0.39, 0.29) is 16.1 Å². The van der Waals surface area contributed by atoms with Crippen LogP contribution in [0, 0.1) is 17.8 Å². The molecule has 0 aliphatic heterocycles. The largest absolute Gasteiger partial charge is 0.478 e. The third-order valence-electron chi connectivity index (χ3n) is 4.02. The average Bonchev–Trinajstić information content (AvgIpc) is 3.05. The normalized spacial score (nSPS) is 11.1. The van der Waals surface area contributed by atoms with Crippen LogP contribution in [0.15, 0.2) is 24.4 Å². The van der Waals surface area contributed by atoms with Gasteiger partial charge in [0.15, 0.2) is 5.82 Å². The van der Waals surface area contributed by atoms with Gasteiger partial charge in [-0.2, -0.15) is 0 Å². The molecule has 2 aromatic heterocycles. The quantitative estimate of drug-likeness (QED) is 0.613. The number of carbonyl (C=O) groups is 1. The van der Waals surface area contributed by atoms with Crippen LogP contribution >= 0.6 is 11.6 Å². The number of ether oxygens (including phenoxy) is 1. The van der Waals surface area contributed by atoms with E-state index in [1.807, 2.05) is 13.8 Å². The fraction of sp³-hybridized carbons (Fsp3) is 0.353. The molecule has 0 fully saturated rings. The predicted molar refractivity (Wildman–Crippen MR) is 90.7 cm³/mol. The van der Waals surface area contributed by atoms with Gasteiger partial charge in [0.25, 0.3) is 0 Å². The summed E-state index contributed by atoms with van der Waals surface area (Å²) in [6, 6.07) is 4.59. The lowest BCUT2D eigenvalue weighted by Crippen LogP contribution is -2.25. The van der Waals surface area contributed by atoms with Crippen molar-refractivity contribution in [2.24, 2.45) is 5.41 Å². The van der Waals surface area contributed by atoms with Crippen LogP contribution in [0.2, 0.25) is 5.15 Å². The molecule has 0 saturated carbocycles. The maximum Gasteiger partial charge on any atom is 0.338 e. The Bertz CT molecular complexity index is 776. The van der Waals surface area contributed by atoms with Crippen molar-refractivity contribution in [3.05, 3.63) is 35.1 Å². The summed E-state index contributed by atoms with van der Waals surface area (Å²) < 4.78 is 7.17. The van der Waals surface area contributed by atoms with Crippen molar-refractivity contribution in [2.45, 2.75) is 26.7 Å². The van der Waals surface area contributed by atoms with Gasteiger partial charge in [0.2, 0.25) is 5.88 Å². The van der Waals surface area contributed by atoms with Crippen molar-refractivity contribution in [1.82, 2.24) is 14.8 Å². The van der Waals surface area contributed by atoms with Crippen LogP contribution in [0.1, 0.15) is 37.0 Å². The minimum absolute atomic E-state index is 0.0614. The van der Waals surface area contributed by atoms with Crippen LogP contribution in [0.3, 0.4) is 0 Å². The second kappa shape index (κ2) is 7.37. The van der Waals surface area contributed by atoms with Crippen molar-refractivity contribution in [1.29, 1.82) is 0 Å². The van der Waals surface area contributed by atoms with Gasteiger partial charge in [0, 0.05) is 12.3 Å². The Morgan fingerprint density at radius 1 is 1.42 bits per heavy atom. The number of carboxylic acid groups (broad SMARTS) is 1. The molecule has 6 nitrogen and oxygen atoms in total. The predicted octanol–water partition coefficient (Wildman–Crippen LogP) is 3.44. The molecule has 0 aliphatic rings. The number of nitrogens with zero attached hydrogens (tertiary/aromatic N) is 3. The van der Waals surface area contributed by atoms with E-state index >= 15 is 0 Å². The number of hydrogen-bond donors (Lipinski definition) is 1. The number of halogens is 1. The topological polar surface area (TPSA) is 77.2 Å². The van der Waals surface area contributed by atoms with Gasteiger partial charge in [-0.1, -0.05) is 31.4 Å². The Labute approximate surface area is 145 Å². The average molecular weight is 348 g/mol. The van der Waals surface area contributed by atoms with E-state index in [0.717, 1.165) is 12.8 Å². The van der Waals surface area contributed by atoms with E-state index in [0.29, 0.717) is 18.3 Å². The first-order valence-corrected chi connectivity index (χ1v) is 7.89. The molecule has 0 aliphatic carbocycles. The number of aromatic carboxylic acids is 1. The minimum Gasteiger partial charge on any atom is -0.478 e. The van der Waals surface area contributed by atoms with Gasteiger partial charge in [0.1, 0.15) is 11.8 Å². The lowest BCUT2D eigenvalue weighted by Gasteiger charge is -2.24. The second-order valence-corrected chi connectivity index (χ2v) is 5.69. The summed E-state index contributed by atoms with van der Waals surface area (Å²) in [5.74, 6) is 2.48. The Hall–Kier alpha value is -2.52. The number of hydrogen-bond acceptors (Lipinski definition) is 4. The molecule has 0 unspecified atom stereocenters. The van der Waals surface area contributed by atoms with Gasteiger partial charge >= 0.3 is 5.97 Å². The van der Waals surface area contributed by atoms with Gasteiger partial charge in [0.05, 0.1) is 11.0 Å².